The molecule has 0 amide bonds. The fourth-order valence-electron chi connectivity index (χ4n) is 3.78. The van der Waals surface area contributed by atoms with Gasteiger partial charge in [0.25, 0.3) is 0 Å². The molecule has 28 heavy (non-hydrogen) atoms. The molecule has 0 N–H and O–H groups in total. The molecular weight excluding hydrogens is 370 g/mol. The third kappa shape index (κ3) is 3.09. The van der Waals surface area contributed by atoms with Gasteiger partial charge in [-0.25, -0.2) is 17.6 Å². The highest BCUT2D eigenvalue weighted by atomic mass is 19.2. The van der Waals surface area contributed by atoms with Gasteiger partial charge in [-0.1, -0.05) is 18.2 Å². The van der Waals surface area contributed by atoms with E-state index >= 15 is 0 Å². The fourth-order valence-corrected chi connectivity index (χ4v) is 3.78. The molecule has 3 aromatic carbocycles. The van der Waals surface area contributed by atoms with Crippen molar-refractivity contribution in [3.63, 3.8) is 0 Å². The van der Waals surface area contributed by atoms with Gasteiger partial charge in [0.15, 0.2) is 11.6 Å². The van der Waals surface area contributed by atoms with Crippen LogP contribution in [0.15, 0.2) is 54.6 Å². The predicted octanol–water partition coefficient (Wildman–Crippen LogP) is 5.40. The van der Waals surface area contributed by atoms with E-state index in [1.807, 2.05) is 6.07 Å². The fraction of sp³-hybridized carbons (Fsp3) is 0.182. The molecule has 0 aliphatic carbocycles. The molecule has 4 rings (SSSR count). The van der Waals surface area contributed by atoms with Crippen LogP contribution in [0, 0.1) is 23.3 Å². The topological polar surface area (TPSA) is 12.5 Å². The molecule has 0 unspecified atom stereocenters. The number of fused-ring (bicyclic) bond motifs is 1. The van der Waals surface area contributed by atoms with Gasteiger partial charge in [0.1, 0.15) is 23.1 Å². The molecular formula is C22H17F4NO. The zero-order valence-corrected chi connectivity index (χ0v) is 15.1. The molecule has 0 fully saturated rings. The minimum Gasteiger partial charge on any atom is -0.497 e. The van der Waals surface area contributed by atoms with Gasteiger partial charge < -0.3 is 9.64 Å². The van der Waals surface area contributed by atoms with Crippen molar-refractivity contribution in [3.05, 3.63) is 94.6 Å². The summed E-state index contributed by atoms with van der Waals surface area (Å²) in [6, 6.07) is 11.9. The highest BCUT2D eigenvalue weighted by molar-refractivity contribution is 5.58. The van der Waals surface area contributed by atoms with Gasteiger partial charge in [-0.15, -0.1) is 0 Å². The van der Waals surface area contributed by atoms with E-state index < -0.39 is 29.3 Å². The summed E-state index contributed by atoms with van der Waals surface area (Å²) in [6.45, 7) is 0.307. The monoisotopic (exact) mass is 387 g/mol. The van der Waals surface area contributed by atoms with Gasteiger partial charge in [-0.2, -0.15) is 0 Å². The number of halogens is 4. The summed E-state index contributed by atoms with van der Waals surface area (Å²) in [4.78, 5) is 1.56. The summed E-state index contributed by atoms with van der Waals surface area (Å²) in [7, 11) is 1.55. The van der Waals surface area contributed by atoms with Gasteiger partial charge in [-0.05, 0) is 59.5 Å². The molecule has 0 saturated carbocycles. The second-order valence-electron chi connectivity index (χ2n) is 6.65. The van der Waals surface area contributed by atoms with Gasteiger partial charge in [-0.3, -0.25) is 0 Å². The number of nitrogens with zero attached hydrogens (tertiary/aromatic N) is 1. The van der Waals surface area contributed by atoms with Crippen LogP contribution in [-0.4, -0.2) is 13.7 Å². The maximum atomic E-state index is 14.5. The van der Waals surface area contributed by atoms with E-state index in [1.165, 1.54) is 24.3 Å². The summed E-state index contributed by atoms with van der Waals surface area (Å²) in [5.41, 5.74) is 1.93. The first kappa shape index (κ1) is 18.3. The zero-order chi connectivity index (χ0) is 19.8. The SMILES string of the molecule is COc1ccc2c(c1)CCN(c1c(F)cccc1F)[C@@H]2c1ccc(F)c(F)c1. The lowest BCUT2D eigenvalue weighted by molar-refractivity contribution is 0.413. The smallest absolute Gasteiger partial charge is 0.159 e. The van der Waals surface area contributed by atoms with Crippen LogP contribution in [-0.2, 0) is 6.42 Å². The second kappa shape index (κ2) is 7.19. The second-order valence-corrected chi connectivity index (χ2v) is 6.65. The Hall–Kier alpha value is -3.02. The first-order valence-electron chi connectivity index (χ1n) is 8.82. The van der Waals surface area contributed by atoms with Crippen LogP contribution < -0.4 is 9.64 Å². The van der Waals surface area contributed by atoms with Crippen molar-refractivity contribution in [1.29, 1.82) is 0 Å². The number of para-hydroxylation sites is 1. The number of methoxy groups -OCH3 is 1. The molecule has 0 radical (unpaired) electrons. The maximum absolute atomic E-state index is 14.5. The first-order valence-corrected chi connectivity index (χ1v) is 8.82. The third-order valence-electron chi connectivity index (χ3n) is 5.06. The molecule has 1 aliphatic heterocycles. The number of hydrogen-bond donors (Lipinski definition) is 0. The summed E-state index contributed by atoms with van der Waals surface area (Å²) in [5.74, 6) is -2.73. The molecule has 0 aromatic heterocycles. The minimum absolute atomic E-state index is 0.182. The highest BCUT2D eigenvalue weighted by Crippen LogP contribution is 2.41. The molecule has 144 valence electrons. The van der Waals surface area contributed by atoms with Crippen molar-refractivity contribution >= 4 is 5.69 Å². The van der Waals surface area contributed by atoms with Crippen molar-refractivity contribution in [3.8, 4) is 5.75 Å². The molecule has 1 heterocycles. The van der Waals surface area contributed by atoms with Gasteiger partial charge >= 0.3 is 0 Å². The lowest BCUT2D eigenvalue weighted by Crippen LogP contribution is -2.37. The first-order chi connectivity index (χ1) is 13.5. The summed E-state index contributed by atoms with van der Waals surface area (Å²) in [6.07, 6.45) is 0.528. The number of benzene rings is 3. The van der Waals surface area contributed by atoms with E-state index in [1.54, 1.807) is 24.1 Å². The summed E-state index contributed by atoms with van der Waals surface area (Å²) >= 11 is 0. The molecule has 0 saturated heterocycles. The number of anilines is 1. The van der Waals surface area contributed by atoms with Crippen molar-refractivity contribution < 1.29 is 22.3 Å². The Morgan fingerprint density at radius 2 is 1.61 bits per heavy atom. The van der Waals surface area contributed by atoms with Crippen LogP contribution in [0.2, 0.25) is 0 Å². The normalized spacial score (nSPS) is 16.0. The minimum atomic E-state index is -1.01. The molecule has 1 atom stereocenters. The van der Waals surface area contributed by atoms with E-state index in [9.17, 15) is 17.6 Å². The number of ether oxygens (including phenoxy) is 1. The van der Waals surface area contributed by atoms with Crippen molar-refractivity contribution in [1.82, 2.24) is 0 Å². The van der Waals surface area contributed by atoms with E-state index in [-0.39, 0.29) is 5.69 Å². The Labute approximate surface area is 160 Å². The Kier molecular flexibility index (Phi) is 4.71. The Morgan fingerprint density at radius 1 is 0.857 bits per heavy atom. The Morgan fingerprint density at radius 3 is 2.29 bits per heavy atom. The van der Waals surface area contributed by atoms with Crippen LogP contribution >= 0.6 is 0 Å². The van der Waals surface area contributed by atoms with Crippen molar-refractivity contribution in [2.45, 2.75) is 12.5 Å². The maximum Gasteiger partial charge on any atom is 0.159 e. The lowest BCUT2D eigenvalue weighted by atomic mass is 9.87. The van der Waals surface area contributed by atoms with Crippen molar-refractivity contribution in [2.75, 3.05) is 18.6 Å². The van der Waals surface area contributed by atoms with Crippen LogP contribution in [0.3, 0.4) is 0 Å². The molecule has 1 aliphatic rings. The van der Waals surface area contributed by atoms with Crippen LogP contribution in [0.5, 0.6) is 5.75 Å². The summed E-state index contributed by atoms with van der Waals surface area (Å²) in [5, 5.41) is 0. The highest BCUT2D eigenvalue weighted by Gasteiger charge is 2.32. The predicted molar refractivity (Wildman–Crippen MR) is 98.6 cm³/mol. The number of rotatable bonds is 3. The average molecular weight is 387 g/mol. The average Bonchev–Trinajstić information content (AvgIpc) is 2.69. The molecule has 0 bridgehead atoms. The van der Waals surface area contributed by atoms with Gasteiger partial charge in [0, 0.05) is 6.54 Å². The zero-order valence-electron chi connectivity index (χ0n) is 15.1. The van der Waals surface area contributed by atoms with E-state index in [0.717, 1.165) is 23.3 Å². The van der Waals surface area contributed by atoms with Crippen LogP contribution in [0.25, 0.3) is 0 Å². The molecule has 0 spiro atoms. The Balaban J connectivity index is 1.92. The van der Waals surface area contributed by atoms with E-state index in [2.05, 4.69) is 0 Å². The van der Waals surface area contributed by atoms with Gasteiger partial charge in [0.05, 0.1) is 13.2 Å². The quantitative estimate of drug-likeness (QED) is 0.558. The Bertz CT molecular complexity index is 1020. The third-order valence-corrected chi connectivity index (χ3v) is 5.06. The van der Waals surface area contributed by atoms with E-state index in [4.69, 9.17) is 4.74 Å². The van der Waals surface area contributed by atoms with Gasteiger partial charge in [0.2, 0.25) is 0 Å². The standard InChI is InChI=1S/C22H17F4NO/c1-28-15-6-7-16-13(11-15)9-10-27(22-18(24)3-2-4-19(22)25)21(16)14-5-8-17(23)20(26)12-14/h2-8,11-12,21H,9-10H2,1H3/t21-/m1/s1. The van der Waals surface area contributed by atoms with Crippen LogP contribution in [0.4, 0.5) is 23.2 Å². The largest absolute Gasteiger partial charge is 0.497 e. The number of hydrogen-bond acceptors (Lipinski definition) is 2. The molecule has 3 aromatic rings. The van der Waals surface area contributed by atoms with Crippen LogP contribution in [0.1, 0.15) is 22.7 Å². The molecule has 6 heteroatoms. The van der Waals surface area contributed by atoms with E-state index in [0.29, 0.717) is 24.3 Å². The summed E-state index contributed by atoms with van der Waals surface area (Å²) < 4.78 is 61.8. The molecule has 2 nitrogen and oxygen atoms in total. The van der Waals surface area contributed by atoms with Crippen molar-refractivity contribution in [2.24, 2.45) is 0 Å². The lowest BCUT2D eigenvalue weighted by Gasteiger charge is -2.39.